The molecule has 0 aliphatic rings. The van der Waals surface area contributed by atoms with Crippen LogP contribution in [0.15, 0.2) is 36.5 Å². The van der Waals surface area contributed by atoms with Gasteiger partial charge in [-0.1, -0.05) is 48.9 Å². The second-order valence-corrected chi connectivity index (χ2v) is 4.71. The third-order valence-corrected chi connectivity index (χ3v) is 2.92. The fourth-order valence-electron chi connectivity index (χ4n) is 1.75. The number of nitrogens with one attached hydrogen (secondary N) is 1. The van der Waals surface area contributed by atoms with Gasteiger partial charge in [0.05, 0.1) is 6.54 Å². The molecule has 19 heavy (non-hydrogen) atoms. The number of hydrogen-bond acceptors (Lipinski definition) is 2. The SMILES string of the molecule is CCCC(=O)Nc1nn(Cc2ccccc2)cc1Cl. The molecule has 100 valence electrons. The predicted molar refractivity (Wildman–Crippen MR) is 76.3 cm³/mol. The minimum Gasteiger partial charge on any atom is -0.308 e. The molecular formula is C14H16ClN3O. The van der Waals surface area contributed by atoms with Gasteiger partial charge in [-0.05, 0) is 12.0 Å². The third-order valence-electron chi connectivity index (χ3n) is 2.64. The zero-order chi connectivity index (χ0) is 13.7. The van der Waals surface area contributed by atoms with E-state index in [9.17, 15) is 4.79 Å². The van der Waals surface area contributed by atoms with Crippen LogP contribution in [0.3, 0.4) is 0 Å². The highest BCUT2D eigenvalue weighted by Crippen LogP contribution is 2.20. The Morgan fingerprint density at radius 3 is 2.79 bits per heavy atom. The molecule has 5 heteroatoms. The Morgan fingerprint density at radius 2 is 2.11 bits per heavy atom. The number of carbonyl (C=O) groups excluding carboxylic acids is 1. The van der Waals surface area contributed by atoms with Gasteiger partial charge in [0.25, 0.3) is 0 Å². The Kier molecular flexibility index (Phi) is 4.58. The van der Waals surface area contributed by atoms with E-state index < -0.39 is 0 Å². The van der Waals surface area contributed by atoms with Crippen molar-refractivity contribution in [1.82, 2.24) is 9.78 Å². The highest BCUT2D eigenvalue weighted by molar-refractivity contribution is 6.33. The number of aromatic nitrogens is 2. The number of amides is 1. The van der Waals surface area contributed by atoms with Crippen molar-refractivity contribution in [2.45, 2.75) is 26.3 Å². The predicted octanol–water partition coefficient (Wildman–Crippen LogP) is 3.32. The van der Waals surface area contributed by atoms with Gasteiger partial charge in [0, 0.05) is 12.6 Å². The topological polar surface area (TPSA) is 46.9 Å². The number of anilines is 1. The van der Waals surface area contributed by atoms with Crippen molar-refractivity contribution in [2.75, 3.05) is 5.32 Å². The van der Waals surface area contributed by atoms with Gasteiger partial charge in [-0.15, -0.1) is 0 Å². The number of nitrogens with zero attached hydrogens (tertiary/aromatic N) is 2. The highest BCUT2D eigenvalue weighted by Gasteiger charge is 2.10. The molecule has 0 unspecified atom stereocenters. The van der Waals surface area contributed by atoms with Crippen LogP contribution in [0, 0.1) is 0 Å². The molecule has 0 fully saturated rings. The van der Waals surface area contributed by atoms with E-state index in [4.69, 9.17) is 11.6 Å². The molecule has 1 heterocycles. The molecular weight excluding hydrogens is 262 g/mol. The van der Waals surface area contributed by atoms with Gasteiger partial charge in [0.15, 0.2) is 5.82 Å². The van der Waals surface area contributed by atoms with Crippen LogP contribution in [-0.2, 0) is 11.3 Å². The highest BCUT2D eigenvalue weighted by atomic mass is 35.5. The fourth-order valence-corrected chi connectivity index (χ4v) is 1.95. The van der Waals surface area contributed by atoms with E-state index >= 15 is 0 Å². The largest absolute Gasteiger partial charge is 0.308 e. The molecule has 0 saturated heterocycles. The summed E-state index contributed by atoms with van der Waals surface area (Å²) in [4.78, 5) is 11.5. The molecule has 4 nitrogen and oxygen atoms in total. The fraction of sp³-hybridized carbons (Fsp3) is 0.286. The van der Waals surface area contributed by atoms with Crippen LogP contribution >= 0.6 is 11.6 Å². The number of halogens is 1. The van der Waals surface area contributed by atoms with Crippen LogP contribution in [0.2, 0.25) is 5.02 Å². The molecule has 0 radical (unpaired) electrons. The summed E-state index contributed by atoms with van der Waals surface area (Å²) >= 11 is 6.06. The summed E-state index contributed by atoms with van der Waals surface area (Å²) in [6, 6.07) is 9.96. The molecule has 2 aromatic rings. The zero-order valence-corrected chi connectivity index (χ0v) is 11.5. The lowest BCUT2D eigenvalue weighted by Gasteiger charge is -2.02. The first kappa shape index (κ1) is 13.6. The molecule has 0 aliphatic heterocycles. The molecule has 0 spiro atoms. The van der Waals surface area contributed by atoms with Crippen molar-refractivity contribution >= 4 is 23.3 Å². The van der Waals surface area contributed by atoms with E-state index in [1.54, 1.807) is 10.9 Å². The van der Waals surface area contributed by atoms with E-state index in [1.165, 1.54) is 0 Å². The smallest absolute Gasteiger partial charge is 0.225 e. The first-order valence-electron chi connectivity index (χ1n) is 6.25. The van der Waals surface area contributed by atoms with Crippen LogP contribution < -0.4 is 5.32 Å². The maximum absolute atomic E-state index is 11.5. The monoisotopic (exact) mass is 277 g/mol. The quantitative estimate of drug-likeness (QED) is 0.911. The summed E-state index contributed by atoms with van der Waals surface area (Å²) in [7, 11) is 0. The molecule has 2 rings (SSSR count). The molecule has 1 aromatic heterocycles. The van der Waals surface area contributed by atoms with Crippen LogP contribution in [0.25, 0.3) is 0 Å². The lowest BCUT2D eigenvalue weighted by molar-refractivity contribution is -0.116. The first-order valence-corrected chi connectivity index (χ1v) is 6.63. The second kappa shape index (κ2) is 6.38. The van der Waals surface area contributed by atoms with Crippen LogP contribution in [0.1, 0.15) is 25.3 Å². The Balaban J connectivity index is 2.06. The first-order chi connectivity index (χ1) is 9.19. The Labute approximate surface area is 117 Å². The molecule has 0 bridgehead atoms. The van der Waals surface area contributed by atoms with E-state index in [1.807, 2.05) is 37.3 Å². The van der Waals surface area contributed by atoms with Crippen molar-refractivity contribution in [3.8, 4) is 0 Å². The Morgan fingerprint density at radius 1 is 1.37 bits per heavy atom. The minimum atomic E-state index is -0.0608. The molecule has 0 atom stereocenters. The Bertz CT molecular complexity index is 551. The average Bonchev–Trinajstić information content (AvgIpc) is 2.71. The normalized spacial score (nSPS) is 10.4. The summed E-state index contributed by atoms with van der Waals surface area (Å²) in [6.07, 6.45) is 2.99. The van der Waals surface area contributed by atoms with E-state index in [0.717, 1.165) is 12.0 Å². The standard InChI is InChI=1S/C14H16ClN3O/c1-2-6-13(19)16-14-12(15)10-18(17-14)9-11-7-4-3-5-8-11/h3-5,7-8,10H,2,6,9H2,1H3,(H,16,17,19). The number of benzene rings is 1. The number of carbonyl (C=O) groups is 1. The van der Waals surface area contributed by atoms with Gasteiger partial charge in [-0.3, -0.25) is 9.48 Å². The second-order valence-electron chi connectivity index (χ2n) is 4.31. The average molecular weight is 278 g/mol. The van der Waals surface area contributed by atoms with Gasteiger partial charge < -0.3 is 5.32 Å². The number of hydrogen-bond donors (Lipinski definition) is 1. The van der Waals surface area contributed by atoms with Crippen LogP contribution in [0.4, 0.5) is 5.82 Å². The van der Waals surface area contributed by atoms with Gasteiger partial charge in [0.2, 0.25) is 5.91 Å². The zero-order valence-electron chi connectivity index (χ0n) is 10.8. The van der Waals surface area contributed by atoms with Gasteiger partial charge in [-0.25, -0.2) is 0 Å². The molecule has 0 aliphatic carbocycles. The lowest BCUT2D eigenvalue weighted by Crippen LogP contribution is -2.12. The van der Waals surface area contributed by atoms with Crippen molar-refractivity contribution in [2.24, 2.45) is 0 Å². The molecule has 0 saturated carbocycles. The van der Waals surface area contributed by atoms with E-state index in [2.05, 4.69) is 10.4 Å². The van der Waals surface area contributed by atoms with Gasteiger partial charge >= 0.3 is 0 Å². The summed E-state index contributed by atoms with van der Waals surface area (Å²) in [5.74, 6) is 0.366. The minimum absolute atomic E-state index is 0.0608. The van der Waals surface area contributed by atoms with Gasteiger partial charge in [-0.2, -0.15) is 5.10 Å². The van der Waals surface area contributed by atoms with Crippen LogP contribution in [-0.4, -0.2) is 15.7 Å². The van der Waals surface area contributed by atoms with Crippen molar-refractivity contribution in [3.63, 3.8) is 0 Å². The van der Waals surface area contributed by atoms with Crippen molar-refractivity contribution < 1.29 is 4.79 Å². The maximum atomic E-state index is 11.5. The van der Waals surface area contributed by atoms with Gasteiger partial charge in [0.1, 0.15) is 5.02 Å². The van der Waals surface area contributed by atoms with E-state index in [0.29, 0.717) is 23.8 Å². The summed E-state index contributed by atoms with van der Waals surface area (Å²) in [5, 5.41) is 7.45. The summed E-state index contributed by atoms with van der Waals surface area (Å²) < 4.78 is 1.72. The molecule has 1 N–H and O–H groups in total. The third kappa shape index (κ3) is 3.83. The lowest BCUT2D eigenvalue weighted by atomic mass is 10.2. The molecule has 1 amide bonds. The molecule has 1 aromatic carbocycles. The number of rotatable bonds is 5. The van der Waals surface area contributed by atoms with Crippen molar-refractivity contribution in [3.05, 3.63) is 47.1 Å². The summed E-state index contributed by atoms with van der Waals surface area (Å²) in [5.41, 5.74) is 1.13. The van der Waals surface area contributed by atoms with Crippen LogP contribution in [0.5, 0.6) is 0 Å². The van der Waals surface area contributed by atoms with E-state index in [-0.39, 0.29) is 5.91 Å². The maximum Gasteiger partial charge on any atom is 0.225 e. The Hall–Kier alpha value is -1.81. The van der Waals surface area contributed by atoms with Crippen molar-refractivity contribution in [1.29, 1.82) is 0 Å². The summed E-state index contributed by atoms with van der Waals surface area (Å²) in [6.45, 7) is 2.58.